The van der Waals surface area contributed by atoms with E-state index in [0.29, 0.717) is 23.4 Å². The van der Waals surface area contributed by atoms with Gasteiger partial charge in [0.05, 0.1) is 30.2 Å². The van der Waals surface area contributed by atoms with Crippen molar-refractivity contribution in [2.24, 2.45) is 4.99 Å². The molecule has 2 aliphatic heterocycles. The zero-order valence-corrected chi connectivity index (χ0v) is 17.2. The molecule has 0 saturated heterocycles. The van der Waals surface area contributed by atoms with E-state index < -0.39 is 35.5 Å². The molecule has 4 rings (SSSR count). The van der Waals surface area contributed by atoms with Crippen molar-refractivity contribution >= 4 is 28.9 Å². The molecule has 10 heteroatoms. The van der Waals surface area contributed by atoms with Gasteiger partial charge in [-0.05, 0) is 43.2 Å². The first-order chi connectivity index (χ1) is 15.1. The van der Waals surface area contributed by atoms with Gasteiger partial charge >= 0.3 is 6.18 Å². The van der Waals surface area contributed by atoms with E-state index in [0.717, 1.165) is 12.3 Å². The standard InChI is InChI=1S/C22H18F4N4O2/c1-3-13-8-14(23)4-5-17(13)29-11-30(16-6-7-20(31)28-12(16)2)21(32)15-9-19(22(24,25)26)27-10-18(15)29/h4-10,16H,3,11H2,1-2H3. The molecule has 0 bridgehead atoms. The molecule has 2 amide bonds. The molecule has 0 spiro atoms. The van der Waals surface area contributed by atoms with Gasteiger partial charge in [-0.25, -0.2) is 14.4 Å². The molecule has 1 aromatic carbocycles. The number of nitrogens with zero attached hydrogens (tertiary/aromatic N) is 4. The summed E-state index contributed by atoms with van der Waals surface area (Å²) in [7, 11) is 0. The summed E-state index contributed by atoms with van der Waals surface area (Å²) >= 11 is 0. The molecule has 0 N–H and O–H groups in total. The first kappa shape index (κ1) is 21.7. The maximum Gasteiger partial charge on any atom is 0.433 e. The highest BCUT2D eigenvalue weighted by molar-refractivity contribution is 6.10. The van der Waals surface area contributed by atoms with Crippen LogP contribution < -0.4 is 4.90 Å². The first-order valence-corrected chi connectivity index (χ1v) is 9.81. The minimum atomic E-state index is -4.73. The highest BCUT2D eigenvalue weighted by Crippen LogP contribution is 2.39. The van der Waals surface area contributed by atoms with Crippen molar-refractivity contribution < 1.29 is 27.2 Å². The number of benzene rings is 1. The van der Waals surface area contributed by atoms with Gasteiger partial charge in [-0.15, -0.1) is 0 Å². The third-order valence-corrected chi connectivity index (χ3v) is 5.43. The molecule has 0 aliphatic carbocycles. The number of pyridine rings is 1. The number of fused-ring (bicyclic) bond motifs is 1. The van der Waals surface area contributed by atoms with Crippen molar-refractivity contribution in [3.63, 3.8) is 0 Å². The Hall–Kier alpha value is -3.56. The lowest BCUT2D eigenvalue weighted by Crippen LogP contribution is -2.52. The second kappa shape index (κ2) is 7.85. The fraction of sp³-hybridized carbons (Fsp3) is 0.273. The third kappa shape index (κ3) is 3.76. The largest absolute Gasteiger partial charge is 0.433 e. The highest BCUT2D eigenvalue weighted by atomic mass is 19.4. The van der Waals surface area contributed by atoms with Crippen LogP contribution >= 0.6 is 0 Å². The minimum absolute atomic E-state index is 0.0480. The predicted octanol–water partition coefficient (Wildman–Crippen LogP) is 4.28. The Labute approximate surface area is 180 Å². The van der Waals surface area contributed by atoms with Crippen molar-refractivity contribution in [1.29, 1.82) is 0 Å². The number of hydrogen-bond acceptors (Lipinski definition) is 4. The lowest BCUT2D eigenvalue weighted by atomic mass is 10.0. The molecule has 166 valence electrons. The number of carbonyl (C=O) groups excluding carboxylic acids is 2. The molecular weight excluding hydrogens is 428 g/mol. The Balaban J connectivity index is 1.89. The van der Waals surface area contributed by atoms with Gasteiger partial charge in [0.25, 0.3) is 11.8 Å². The zero-order valence-electron chi connectivity index (χ0n) is 17.2. The number of aryl methyl sites for hydroxylation is 1. The van der Waals surface area contributed by atoms with E-state index in [1.54, 1.807) is 11.8 Å². The van der Waals surface area contributed by atoms with Crippen molar-refractivity contribution in [2.75, 3.05) is 11.6 Å². The number of hydrogen-bond donors (Lipinski definition) is 0. The van der Waals surface area contributed by atoms with Gasteiger partial charge in [-0.3, -0.25) is 9.59 Å². The molecule has 1 unspecified atom stereocenters. The van der Waals surface area contributed by atoms with Crippen LogP contribution in [-0.4, -0.2) is 40.1 Å². The van der Waals surface area contributed by atoms with Gasteiger partial charge in [-0.1, -0.05) is 13.0 Å². The van der Waals surface area contributed by atoms with Gasteiger partial charge in [0.2, 0.25) is 0 Å². The van der Waals surface area contributed by atoms with Crippen LogP contribution in [-0.2, 0) is 17.4 Å². The monoisotopic (exact) mass is 446 g/mol. The average molecular weight is 446 g/mol. The molecule has 0 fully saturated rings. The van der Waals surface area contributed by atoms with E-state index >= 15 is 0 Å². The second-order valence-corrected chi connectivity index (χ2v) is 7.45. The maximum atomic E-state index is 13.8. The summed E-state index contributed by atoms with van der Waals surface area (Å²) in [4.78, 5) is 35.2. The molecule has 0 saturated carbocycles. The number of rotatable bonds is 3. The van der Waals surface area contributed by atoms with Gasteiger partial charge in [0.1, 0.15) is 11.5 Å². The quantitative estimate of drug-likeness (QED) is 0.661. The van der Waals surface area contributed by atoms with Crippen LogP contribution in [0.4, 0.5) is 28.9 Å². The highest BCUT2D eigenvalue weighted by Gasteiger charge is 2.40. The number of amides is 2. The summed E-state index contributed by atoms with van der Waals surface area (Å²) in [5.74, 6) is -1.57. The van der Waals surface area contributed by atoms with E-state index in [4.69, 9.17) is 0 Å². The van der Waals surface area contributed by atoms with Gasteiger partial charge in [0.15, 0.2) is 0 Å². The van der Waals surface area contributed by atoms with Gasteiger partial charge in [-0.2, -0.15) is 13.2 Å². The molecule has 32 heavy (non-hydrogen) atoms. The Morgan fingerprint density at radius 1 is 1.16 bits per heavy atom. The summed E-state index contributed by atoms with van der Waals surface area (Å²) in [6.45, 7) is 3.35. The smallest absolute Gasteiger partial charge is 0.321 e. The molecule has 2 aliphatic rings. The first-order valence-electron chi connectivity index (χ1n) is 9.81. The summed E-state index contributed by atoms with van der Waals surface area (Å²) in [5.41, 5.74) is 0.300. The molecule has 2 aromatic rings. The number of dihydropyridines is 1. The van der Waals surface area contributed by atoms with E-state index in [-0.39, 0.29) is 17.9 Å². The third-order valence-electron chi connectivity index (χ3n) is 5.43. The Morgan fingerprint density at radius 3 is 2.56 bits per heavy atom. The average Bonchev–Trinajstić information content (AvgIpc) is 2.74. The fourth-order valence-corrected chi connectivity index (χ4v) is 3.88. The summed E-state index contributed by atoms with van der Waals surface area (Å²) in [5, 5.41) is 0. The van der Waals surface area contributed by atoms with E-state index in [1.807, 2.05) is 6.92 Å². The fourth-order valence-electron chi connectivity index (χ4n) is 3.88. The van der Waals surface area contributed by atoms with Crippen LogP contribution in [0, 0.1) is 5.82 Å². The van der Waals surface area contributed by atoms with Crippen molar-refractivity contribution in [3.05, 3.63) is 65.3 Å². The number of carbonyl (C=O) groups is 2. The van der Waals surface area contributed by atoms with Crippen LogP contribution in [0.15, 0.2) is 47.6 Å². The Morgan fingerprint density at radius 2 is 1.91 bits per heavy atom. The summed E-state index contributed by atoms with van der Waals surface area (Å²) < 4.78 is 53.8. The van der Waals surface area contributed by atoms with Crippen LogP contribution in [0.5, 0.6) is 0 Å². The zero-order chi connectivity index (χ0) is 23.2. The number of aromatic nitrogens is 1. The maximum absolute atomic E-state index is 13.8. The minimum Gasteiger partial charge on any atom is -0.321 e. The lowest BCUT2D eigenvalue weighted by molar-refractivity contribution is -0.141. The number of aliphatic imine (C=N–C) groups is 1. The number of halogens is 4. The van der Waals surface area contributed by atoms with Crippen molar-refractivity contribution in [2.45, 2.75) is 32.5 Å². The number of anilines is 2. The van der Waals surface area contributed by atoms with Crippen LogP contribution in [0.3, 0.4) is 0 Å². The van der Waals surface area contributed by atoms with Crippen LogP contribution in [0.2, 0.25) is 0 Å². The summed E-state index contributed by atoms with van der Waals surface area (Å²) in [6.07, 6.45) is -0.561. The summed E-state index contributed by atoms with van der Waals surface area (Å²) in [6, 6.07) is 4.11. The van der Waals surface area contributed by atoms with E-state index in [1.165, 1.54) is 35.3 Å². The second-order valence-electron chi connectivity index (χ2n) is 7.45. The predicted molar refractivity (Wildman–Crippen MR) is 109 cm³/mol. The molecular formula is C22H18F4N4O2. The molecule has 6 nitrogen and oxygen atoms in total. The molecule has 1 aromatic heterocycles. The van der Waals surface area contributed by atoms with E-state index in [2.05, 4.69) is 9.98 Å². The van der Waals surface area contributed by atoms with Crippen LogP contribution in [0.25, 0.3) is 0 Å². The topological polar surface area (TPSA) is 65.9 Å². The van der Waals surface area contributed by atoms with Crippen molar-refractivity contribution in [1.82, 2.24) is 9.88 Å². The Bertz CT molecular complexity index is 1170. The van der Waals surface area contributed by atoms with Crippen molar-refractivity contribution in [3.8, 4) is 0 Å². The normalized spacial score (nSPS) is 18.7. The van der Waals surface area contributed by atoms with Gasteiger partial charge < -0.3 is 9.80 Å². The molecule has 3 heterocycles. The van der Waals surface area contributed by atoms with Crippen LogP contribution in [0.1, 0.15) is 35.5 Å². The molecule has 0 radical (unpaired) electrons. The SMILES string of the molecule is CCc1cc(F)ccc1N1CN(C2C=CC(=O)N=C2C)C(=O)c2cc(C(F)(F)F)ncc21. The number of alkyl halides is 3. The van der Waals surface area contributed by atoms with Gasteiger partial charge in [0, 0.05) is 17.5 Å². The molecule has 1 atom stereocenters. The Kier molecular flexibility index (Phi) is 5.31. The van der Waals surface area contributed by atoms with E-state index in [9.17, 15) is 27.2 Å². The lowest BCUT2D eigenvalue weighted by Gasteiger charge is -2.42.